The smallest absolute Gasteiger partial charge is 0.223 e. The Morgan fingerprint density at radius 2 is 2.50 bits per heavy atom. The molecule has 1 atom stereocenters. The number of piperidine rings is 1. The van der Waals surface area contributed by atoms with Crippen LogP contribution in [0.5, 0.6) is 0 Å². The molecule has 0 aromatic carbocycles. The summed E-state index contributed by atoms with van der Waals surface area (Å²) < 4.78 is 0. The summed E-state index contributed by atoms with van der Waals surface area (Å²) in [5, 5.41) is 0.543. The maximum absolute atomic E-state index is 11.2. The fourth-order valence-electron chi connectivity index (χ4n) is 1.62. The average Bonchev–Trinajstić information content (AvgIpc) is 2.36. The zero-order valence-electron chi connectivity index (χ0n) is 5.88. The Morgan fingerprint density at radius 1 is 1.60 bits per heavy atom. The van der Waals surface area contributed by atoms with Gasteiger partial charge in [-0.3, -0.25) is 4.79 Å². The first-order chi connectivity index (χ1) is 4.88. The first-order valence-corrected chi connectivity index (χ1v) is 4.84. The molecule has 0 aliphatic carbocycles. The second-order valence-electron chi connectivity index (χ2n) is 2.80. The number of rotatable bonds is 0. The Morgan fingerprint density at radius 3 is 3.30 bits per heavy atom. The molecule has 0 bridgehead atoms. The molecule has 2 fully saturated rings. The molecule has 0 saturated carbocycles. The van der Waals surface area contributed by atoms with Crippen molar-refractivity contribution in [3.63, 3.8) is 0 Å². The van der Waals surface area contributed by atoms with Crippen molar-refractivity contribution in [2.45, 2.75) is 24.6 Å². The molecule has 2 nitrogen and oxygen atoms in total. The lowest BCUT2D eigenvalue weighted by Crippen LogP contribution is -2.37. The Hall–Kier alpha value is -0.180. The Kier molecular flexibility index (Phi) is 1.60. The molecule has 2 aliphatic rings. The van der Waals surface area contributed by atoms with Gasteiger partial charge < -0.3 is 4.90 Å². The lowest BCUT2D eigenvalue weighted by Gasteiger charge is -2.27. The third-order valence-corrected chi connectivity index (χ3v) is 3.45. The number of thioether (sulfide) groups is 1. The van der Waals surface area contributed by atoms with Gasteiger partial charge in [-0.1, -0.05) is 0 Å². The number of carbonyl (C=O) groups excluding carboxylic acids is 1. The van der Waals surface area contributed by atoms with E-state index in [1.807, 2.05) is 16.7 Å². The van der Waals surface area contributed by atoms with E-state index in [9.17, 15) is 4.79 Å². The van der Waals surface area contributed by atoms with Gasteiger partial charge in [-0.25, -0.2) is 0 Å². The highest BCUT2D eigenvalue weighted by Gasteiger charge is 2.31. The van der Waals surface area contributed by atoms with E-state index >= 15 is 0 Å². The molecular weight excluding hydrogens is 146 g/mol. The summed E-state index contributed by atoms with van der Waals surface area (Å²) in [6, 6.07) is 0. The van der Waals surface area contributed by atoms with Crippen LogP contribution in [0.3, 0.4) is 0 Å². The van der Waals surface area contributed by atoms with E-state index in [4.69, 9.17) is 0 Å². The van der Waals surface area contributed by atoms with Crippen molar-refractivity contribution in [3.05, 3.63) is 0 Å². The monoisotopic (exact) mass is 157 g/mol. The molecule has 3 heteroatoms. The van der Waals surface area contributed by atoms with Gasteiger partial charge >= 0.3 is 0 Å². The van der Waals surface area contributed by atoms with Crippen LogP contribution >= 0.6 is 11.8 Å². The summed E-state index contributed by atoms with van der Waals surface area (Å²) in [7, 11) is 0. The molecule has 0 N–H and O–H groups in total. The van der Waals surface area contributed by atoms with Crippen molar-refractivity contribution in [1.82, 2.24) is 4.90 Å². The summed E-state index contributed by atoms with van der Waals surface area (Å²) in [6.07, 6.45) is 3.11. The highest BCUT2D eigenvalue weighted by atomic mass is 32.2. The standard InChI is InChI=1S/C7H11NOS/c9-6-2-1-3-7-8(6)4-5-10-7/h7H,1-5H2. The van der Waals surface area contributed by atoms with Gasteiger partial charge in [-0.15, -0.1) is 11.8 Å². The molecule has 0 spiro atoms. The van der Waals surface area contributed by atoms with Crippen LogP contribution in [-0.4, -0.2) is 28.5 Å². The van der Waals surface area contributed by atoms with Gasteiger partial charge in [-0.2, -0.15) is 0 Å². The molecule has 2 rings (SSSR count). The first kappa shape index (κ1) is 6.53. The zero-order valence-corrected chi connectivity index (χ0v) is 6.69. The molecule has 2 heterocycles. The summed E-state index contributed by atoms with van der Waals surface area (Å²) >= 11 is 1.94. The first-order valence-electron chi connectivity index (χ1n) is 3.79. The number of hydrogen-bond acceptors (Lipinski definition) is 2. The molecule has 10 heavy (non-hydrogen) atoms. The minimum atomic E-state index is 0.376. The lowest BCUT2D eigenvalue weighted by molar-refractivity contribution is -0.133. The summed E-state index contributed by atoms with van der Waals surface area (Å²) in [5.41, 5.74) is 0. The van der Waals surface area contributed by atoms with Gasteiger partial charge in [0.1, 0.15) is 0 Å². The molecule has 0 aromatic heterocycles. The van der Waals surface area contributed by atoms with E-state index in [0.29, 0.717) is 11.3 Å². The molecular formula is C7H11NOS. The van der Waals surface area contributed by atoms with Gasteiger partial charge in [0, 0.05) is 18.7 Å². The van der Waals surface area contributed by atoms with Crippen LogP contribution in [-0.2, 0) is 4.79 Å². The number of carbonyl (C=O) groups is 1. The van der Waals surface area contributed by atoms with Crippen molar-refractivity contribution < 1.29 is 4.79 Å². The Balaban J connectivity index is 2.10. The van der Waals surface area contributed by atoms with E-state index in [-0.39, 0.29) is 0 Å². The largest absolute Gasteiger partial charge is 0.330 e. The van der Waals surface area contributed by atoms with E-state index in [2.05, 4.69) is 0 Å². The van der Waals surface area contributed by atoms with Gasteiger partial charge in [0.2, 0.25) is 5.91 Å². The maximum Gasteiger partial charge on any atom is 0.223 e. The van der Waals surface area contributed by atoms with Crippen molar-refractivity contribution >= 4 is 17.7 Å². The van der Waals surface area contributed by atoms with E-state index in [1.165, 1.54) is 6.42 Å². The van der Waals surface area contributed by atoms with E-state index in [0.717, 1.165) is 25.1 Å². The van der Waals surface area contributed by atoms with Crippen LogP contribution in [0, 0.1) is 0 Å². The van der Waals surface area contributed by atoms with Crippen molar-refractivity contribution in [2.75, 3.05) is 12.3 Å². The second kappa shape index (κ2) is 2.46. The SMILES string of the molecule is O=C1CCCC2SCCN12. The van der Waals surface area contributed by atoms with Gasteiger partial charge in [0.15, 0.2) is 0 Å². The Labute approximate surface area is 65.0 Å². The van der Waals surface area contributed by atoms with Crippen molar-refractivity contribution in [3.8, 4) is 0 Å². The summed E-state index contributed by atoms with van der Waals surface area (Å²) in [5.74, 6) is 1.53. The molecule has 2 aliphatic heterocycles. The summed E-state index contributed by atoms with van der Waals surface area (Å²) in [6.45, 7) is 0.994. The third-order valence-electron chi connectivity index (χ3n) is 2.15. The third kappa shape index (κ3) is 0.926. The van der Waals surface area contributed by atoms with Crippen molar-refractivity contribution in [2.24, 2.45) is 0 Å². The van der Waals surface area contributed by atoms with E-state index < -0.39 is 0 Å². The highest BCUT2D eigenvalue weighted by molar-refractivity contribution is 8.00. The quantitative estimate of drug-likeness (QED) is 0.524. The summed E-state index contributed by atoms with van der Waals surface area (Å²) in [4.78, 5) is 13.2. The molecule has 0 radical (unpaired) electrons. The maximum atomic E-state index is 11.2. The van der Waals surface area contributed by atoms with Gasteiger partial charge in [0.05, 0.1) is 5.37 Å². The normalized spacial score (nSPS) is 32.6. The number of hydrogen-bond donors (Lipinski definition) is 0. The molecule has 0 aromatic rings. The number of amides is 1. The molecule has 1 amide bonds. The van der Waals surface area contributed by atoms with Crippen LogP contribution < -0.4 is 0 Å². The molecule has 56 valence electrons. The minimum Gasteiger partial charge on any atom is -0.330 e. The predicted molar refractivity (Wildman–Crippen MR) is 41.8 cm³/mol. The second-order valence-corrected chi connectivity index (χ2v) is 4.09. The van der Waals surface area contributed by atoms with Crippen LogP contribution in [0.2, 0.25) is 0 Å². The van der Waals surface area contributed by atoms with Crippen molar-refractivity contribution in [1.29, 1.82) is 0 Å². The topological polar surface area (TPSA) is 20.3 Å². The predicted octanol–water partition coefficient (Wildman–Crippen LogP) is 1.07. The molecule has 1 unspecified atom stereocenters. The lowest BCUT2D eigenvalue weighted by atomic mass is 10.1. The van der Waals surface area contributed by atoms with Crippen LogP contribution in [0.25, 0.3) is 0 Å². The van der Waals surface area contributed by atoms with E-state index in [1.54, 1.807) is 0 Å². The fourth-order valence-corrected chi connectivity index (χ4v) is 2.93. The van der Waals surface area contributed by atoms with Gasteiger partial charge in [0.25, 0.3) is 0 Å². The highest BCUT2D eigenvalue weighted by Crippen LogP contribution is 2.31. The van der Waals surface area contributed by atoms with Crippen LogP contribution in [0.15, 0.2) is 0 Å². The van der Waals surface area contributed by atoms with Crippen LogP contribution in [0.1, 0.15) is 19.3 Å². The van der Waals surface area contributed by atoms with Crippen LogP contribution in [0.4, 0.5) is 0 Å². The zero-order chi connectivity index (χ0) is 6.97. The fraction of sp³-hybridized carbons (Fsp3) is 0.857. The Bertz CT molecular complexity index is 160. The molecule has 2 saturated heterocycles. The minimum absolute atomic E-state index is 0.376. The van der Waals surface area contributed by atoms with Gasteiger partial charge in [-0.05, 0) is 12.8 Å². The number of nitrogens with zero attached hydrogens (tertiary/aromatic N) is 1. The number of fused-ring (bicyclic) bond motifs is 1. The average molecular weight is 157 g/mol.